The lowest BCUT2D eigenvalue weighted by molar-refractivity contribution is -0.107. The van der Waals surface area contributed by atoms with Crippen molar-refractivity contribution in [2.75, 3.05) is 14.2 Å². The van der Waals surface area contributed by atoms with Crippen LogP contribution in [0.25, 0.3) is 0 Å². The molecule has 0 saturated heterocycles. The molecule has 0 fully saturated rings. The fraction of sp³-hybridized carbons (Fsp3) is 0.857. The number of carbonyl (C=O) groups is 1. The summed E-state index contributed by atoms with van der Waals surface area (Å²) in [5.41, 5.74) is 0. The highest BCUT2D eigenvalue weighted by Crippen LogP contribution is 2.14. The second-order valence-electron chi connectivity index (χ2n) is 2.60. The Morgan fingerprint density at radius 2 is 1.91 bits per heavy atom. The quantitative estimate of drug-likeness (QED) is 0.348. The first-order valence-electron chi connectivity index (χ1n) is 3.72. The van der Waals surface area contributed by atoms with Crippen LogP contribution in [0.3, 0.4) is 0 Å². The van der Waals surface area contributed by atoms with Crippen LogP contribution in [0.1, 0.15) is 12.8 Å². The Labute approximate surface area is 68.9 Å². The molecule has 3 nitrogen and oxygen atoms in total. The van der Waals surface area contributed by atoms with Gasteiger partial charge in [0.25, 0.3) is 0 Å². The molecular weight excluding hydrogens is 160 g/mol. The van der Waals surface area contributed by atoms with Crippen LogP contribution in [0.15, 0.2) is 0 Å². The molecule has 0 heterocycles. The molecule has 0 N–H and O–H groups in total. The summed E-state index contributed by atoms with van der Waals surface area (Å²) in [6.07, 6.45) is 2.41. The minimum absolute atomic E-state index is 0.606. The van der Waals surface area contributed by atoms with Crippen LogP contribution in [-0.2, 0) is 13.6 Å². The molecule has 4 heteroatoms. The number of hydrogen-bond acceptors (Lipinski definition) is 3. The first-order chi connectivity index (χ1) is 5.18. The molecule has 0 saturated carbocycles. The van der Waals surface area contributed by atoms with Gasteiger partial charge in [-0.15, -0.1) is 0 Å². The van der Waals surface area contributed by atoms with Gasteiger partial charge in [0.2, 0.25) is 0 Å². The monoisotopic (exact) mass is 176 g/mol. The Morgan fingerprint density at radius 1 is 1.36 bits per heavy atom. The minimum Gasteiger partial charge on any atom is -0.398 e. The molecule has 0 rings (SSSR count). The molecule has 0 aliphatic rings. The van der Waals surface area contributed by atoms with Crippen molar-refractivity contribution in [1.29, 1.82) is 0 Å². The number of unbranched alkanes of at least 4 members (excludes halogenated alkanes) is 1. The molecule has 0 unspecified atom stereocenters. The highest BCUT2D eigenvalue weighted by atomic mass is 28.4. The van der Waals surface area contributed by atoms with Crippen LogP contribution in [0.4, 0.5) is 0 Å². The van der Waals surface area contributed by atoms with E-state index in [4.69, 9.17) is 8.85 Å². The molecule has 66 valence electrons. The molecule has 0 aromatic heterocycles. The van der Waals surface area contributed by atoms with Gasteiger partial charge in [0.05, 0.1) is 0 Å². The van der Waals surface area contributed by atoms with Gasteiger partial charge in [0.1, 0.15) is 6.29 Å². The van der Waals surface area contributed by atoms with Gasteiger partial charge in [-0.1, -0.05) is 0 Å². The third-order valence-corrected chi connectivity index (χ3v) is 4.81. The van der Waals surface area contributed by atoms with Crippen molar-refractivity contribution in [2.45, 2.75) is 25.4 Å². The van der Waals surface area contributed by atoms with Gasteiger partial charge < -0.3 is 13.6 Å². The van der Waals surface area contributed by atoms with Gasteiger partial charge in [-0.3, -0.25) is 0 Å². The Balaban J connectivity index is 3.59. The molecule has 0 radical (unpaired) electrons. The van der Waals surface area contributed by atoms with E-state index in [-0.39, 0.29) is 0 Å². The molecule has 11 heavy (non-hydrogen) atoms. The summed E-state index contributed by atoms with van der Waals surface area (Å²) in [4.78, 5) is 10.0. The van der Waals surface area contributed by atoms with Crippen LogP contribution in [0.2, 0.25) is 12.6 Å². The van der Waals surface area contributed by atoms with Crippen molar-refractivity contribution in [3.05, 3.63) is 0 Å². The lowest BCUT2D eigenvalue weighted by atomic mass is 10.4. The smallest absolute Gasteiger partial charge is 0.334 e. The summed E-state index contributed by atoms with van der Waals surface area (Å²) in [6, 6.07) is 0.888. The first kappa shape index (κ1) is 10.8. The van der Waals surface area contributed by atoms with Crippen LogP contribution >= 0.6 is 0 Å². The molecular formula is C7H16O3Si. The third kappa shape index (κ3) is 4.29. The Bertz CT molecular complexity index is 112. The van der Waals surface area contributed by atoms with Crippen LogP contribution in [0, 0.1) is 0 Å². The van der Waals surface area contributed by atoms with Crippen LogP contribution in [-0.4, -0.2) is 29.1 Å². The Kier molecular flexibility index (Phi) is 5.36. The van der Waals surface area contributed by atoms with Gasteiger partial charge >= 0.3 is 8.56 Å². The van der Waals surface area contributed by atoms with E-state index in [9.17, 15) is 4.79 Å². The fourth-order valence-corrected chi connectivity index (χ4v) is 2.22. The van der Waals surface area contributed by atoms with Crippen molar-refractivity contribution >= 4 is 14.8 Å². The molecule has 0 amide bonds. The highest BCUT2D eigenvalue weighted by molar-refractivity contribution is 6.65. The summed E-state index contributed by atoms with van der Waals surface area (Å²) in [7, 11) is 1.43. The third-order valence-electron chi connectivity index (χ3n) is 1.82. The van der Waals surface area contributed by atoms with Crippen molar-refractivity contribution in [1.82, 2.24) is 0 Å². The largest absolute Gasteiger partial charge is 0.398 e. The van der Waals surface area contributed by atoms with Crippen LogP contribution < -0.4 is 0 Å². The zero-order chi connectivity index (χ0) is 8.74. The van der Waals surface area contributed by atoms with E-state index in [2.05, 4.69) is 0 Å². The lowest BCUT2D eigenvalue weighted by Crippen LogP contribution is -2.35. The second kappa shape index (κ2) is 5.46. The van der Waals surface area contributed by atoms with E-state index >= 15 is 0 Å². The normalized spacial score (nSPS) is 11.5. The van der Waals surface area contributed by atoms with E-state index in [1.54, 1.807) is 14.2 Å². The van der Waals surface area contributed by atoms with Crippen molar-refractivity contribution in [3.8, 4) is 0 Å². The zero-order valence-corrected chi connectivity index (χ0v) is 8.42. The Morgan fingerprint density at radius 3 is 2.27 bits per heavy atom. The zero-order valence-electron chi connectivity index (χ0n) is 7.42. The minimum atomic E-state index is -1.89. The predicted octanol–water partition coefficient (Wildman–Crippen LogP) is 1.33. The molecule has 0 aliphatic heterocycles. The average molecular weight is 176 g/mol. The van der Waals surface area contributed by atoms with Crippen LogP contribution in [0.5, 0.6) is 0 Å². The fourth-order valence-electron chi connectivity index (χ4n) is 0.794. The molecule has 0 aliphatic carbocycles. The van der Waals surface area contributed by atoms with Gasteiger partial charge in [0, 0.05) is 20.6 Å². The van der Waals surface area contributed by atoms with Gasteiger partial charge in [-0.2, -0.15) is 0 Å². The first-order valence-corrected chi connectivity index (χ1v) is 6.25. The SMILES string of the molecule is CO[Si](C)(CCCC=O)OC. The van der Waals surface area contributed by atoms with E-state index in [1.165, 1.54) is 0 Å². The molecule has 0 aromatic carbocycles. The van der Waals surface area contributed by atoms with Gasteiger partial charge in [-0.25, -0.2) is 0 Å². The lowest BCUT2D eigenvalue weighted by Gasteiger charge is -2.21. The number of aldehydes is 1. The molecule has 0 bridgehead atoms. The topological polar surface area (TPSA) is 35.5 Å². The molecule has 0 atom stereocenters. The summed E-state index contributed by atoms with van der Waals surface area (Å²) < 4.78 is 10.5. The van der Waals surface area contributed by atoms with Gasteiger partial charge in [0.15, 0.2) is 0 Å². The number of rotatable bonds is 6. The van der Waals surface area contributed by atoms with Gasteiger partial charge in [-0.05, 0) is 19.0 Å². The number of carbonyl (C=O) groups excluding carboxylic acids is 1. The highest BCUT2D eigenvalue weighted by Gasteiger charge is 2.27. The summed E-state index contributed by atoms with van der Waals surface area (Å²) in [5, 5.41) is 0. The van der Waals surface area contributed by atoms with E-state index in [0.717, 1.165) is 18.8 Å². The summed E-state index contributed by atoms with van der Waals surface area (Å²) >= 11 is 0. The maximum Gasteiger partial charge on any atom is 0.334 e. The summed E-state index contributed by atoms with van der Waals surface area (Å²) in [5.74, 6) is 0. The van der Waals surface area contributed by atoms with Crippen molar-refractivity contribution in [2.24, 2.45) is 0 Å². The van der Waals surface area contributed by atoms with E-state index in [0.29, 0.717) is 6.42 Å². The van der Waals surface area contributed by atoms with Crippen molar-refractivity contribution in [3.63, 3.8) is 0 Å². The second-order valence-corrected chi connectivity index (χ2v) is 6.19. The van der Waals surface area contributed by atoms with E-state index < -0.39 is 8.56 Å². The summed E-state index contributed by atoms with van der Waals surface area (Å²) in [6.45, 7) is 2.00. The predicted molar refractivity (Wildman–Crippen MR) is 45.7 cm³/mol. The maximum atomic E-state index is 10.0. The molecule has 0 spiro atoms. The maximum absolute atomic E-state index is 10.0. The molecule has 0 aromatic rings. The standard InChI is InChI=1S/C7H16O3Si/c1-9-11(3,10-2)7-5-4-6-8/h6H,4-5,7H2,1-3H3. The van der Waals surface area contributed by atoms with Crippen molar-refractivity contribution < 1.29 is 13.6 Å². The number of hydrogen-bond donors (Lipinski definition) is 0. The Hall–Kier alpha value is -0.193. The van der Waals surface area contributed by atoms with E-state index in [1.807, 2.05) is 6.55 Å². The average Bonchev–Trinajstić information content (AvgIpc) is 2.05.